The fourth-order valence-corrected chi connectivity index (χ4v) is 1.13. The topological polar surface area (TPSA) is 29.5 Å². The molecule has 0 saturated heterocycles. The first-order valence-electron chi connectivity index (χ1n) is 3.04. The SMILES string of the molecule is CO[C@H]1CC[C@@H](O)C1. The van der Waals surface area contributed by atoms with Gasteiger partial charge in [0.15, 0.2) is 0 Å². The Bertz CT molecular complexity index is 72.9. The predicted octanol–water partition coefficient (Wildman–Crippen LogP) is 0.546. The van der Waals surface area contributed by atoms with Gasteiger partial charge in [-0.05, 0) is 19.3 Å². The van der Waals surface area contributed by atoms with Crippen molar-refractivity contribution in [3.8, 4) is 0 Å². The van der Waals surface area contributed by atoms with Gasteiger partial charge in [-0.3, -0.25) is 0 Å². The van der Waals surface area contributed by atoms with E-state index in [0.717, 1.165) is 19.3 Å². The van der Waals surface area contributed by atoms with Crippen molar-refractivity contribution in [2.45, 2.75) is 31.5 Å². The molecule has 1 rings (SSSR count). The first-order chi connectivity index (χ1) is 3.83. The fraction of sp³-hybridized carbons (Fsp3) is 1.00. The van der Waals surface area contributed by atoms with Crippen molar-refractivity contribution < 1.29 is 9.84 Å². The maximum absolute atomic E-state index is 8.95. The zero-order valence-corrected chi connectivity index (χ0v) is 5.13. The first kappa shape index (κ1) is 6.05. The van der Waals surface area contributed by atoms with Crippen molar-refractivity contribution in [2.75, 3.05) is 7.11 Å². The third kappa shape index (κ3) is 1.20. The van der Waals surface area contributed by atoms with Gasteiger partial charge in [-0.1, -0.05) is 0 Å². The Balaban J connectivity index is 2.22. The van der Waals surface area contributed by atoms with Gasteiger partial charge in [0.2, 0.25) is 0 Å². The van der Waals surface area contributed by atoms with Crippen LogP contribution in [-0.4, -0.2) is 24.4 Å². The van der Waals surface area contributed by atoms with Crippen LogP contribution < -0.4 is 0 Å². The summed E-state index contributed by atoms with van der Waals surface area (Å²) in [6.07, 6.45) is 3.00. The molecule has 0 amide bonds. The lowest BCUT2D eigenvalue weighted by Crippen LogP contribution is -2.06. The minimum atomic E-state index is -0.0973. The van der Waals surface area contributed by atoms with E-state index >= 15 is 0 Å². The molecule has 48 valence electrons. The number of aliphatic hydroxyl groups excluding tert-OH is 1. The van der Waals surface area contributed by atoms with E-state index in [0.29, 0.717) is 6.10 Å². The van der Waals surface area contributed by atoms with E-state index in [2.05, 4.69) is 0 Å². The lowest BCUT2D eigenvalue weighted by molar-refractivity contribution is 0.0898. The van der Waals surface area contributed by atoms with Crippen LogP contribution in [0, 0.1) is 0 Å². The third-order valence-corrected chi connectivity index (χ3v) is 1.69. The van der Waals surface area contributed by atoms with Crippen molar-refractivity contribution in [3.05, 3.63) is 0 Å². The molecule has 2 nitrogen and oxygen atoms in total. The van der Waals surface area contributed by atoms with Crippen LogP contribution in [0.2, 0.25) is 0 Å². The van der Waals surface area contributed by atoms with Crippen LogP contribution in [0.4, 0.5) is 0 Å². The fourth-order valence-electron chi connectivity index (χ4n) is 1.13. The van der Waals surface area contributed by atoms with Gasteiger partial charge in [-0.25, -0.2) is 0 Å². The van der Waals surface area contributed by atoms with Crippen LogP contribution in [0.3, 0.4) is 0 Å². The molecule has 2 heteroatoms. The Morgan fingerprint density at radius 1 is 1.50 bits per heavy atom. The standard InChI is InChI=1S/C6H12O2/c1-8-6-3-2-5(7)4-6/h5-7H,2-4H2,1H3/t5-,6+/m1/s1. The molecule has 2 atom stereocenters. The van der Waals surface area contributed by atoms with E-state index in [1.807, 2.05) is 0 Å². The normalized spacial score (nSPS) is 38.2. The lowest BCUT2D eigenvalue weighted by Gasteiger charge is -2.03. The van der Waals surface area contributed by atoms with E-state index < -0.39 is 0 Å². The first-order valence-corrected chi connectivity index (χ1v) is 3.04. The monoisotopic (exact) mass is 116 g/mol. The summed E-state index contributed by atoms with van der Waals surface area (Å²) in [6, 6.07) is 0. The molecule has 1 aliphatic rings. The highest BCUT2D eigenvalue weighted by Gasteiger charge is 2.21. The molecule has 1 saturated carbocycles. The summed E-state index contributed by atoms with van der Waals surface area (Å²) in [5.74, 6) is 0. The minimum absolute atomic E-state index is 0.0973. The number of ether oxygens (including phenoxy) is 1. The van der Waals surface area contributed by atoms with Gasteiger partial charge in [0.1, 0.15) is 0 Å². The van der Waals surface area contributed by atoms with Gasteiger partial charge >= 0.3 is 0 Å². The molecule has 0 unspecified atom stereocenters. The maximum Gasteiger partial charge on any atom is 0.0596 e. The summed E-state index contributed by atoms with van der Waals surface area (Å²) in [4.78, 5) is 0. The summed E-state index contributed by atoms with van der Waals surface area (Å²) in [5.41, 5.74) is 0. The summed E-state index contributed by atoms with van der Waals surface area (Å²) in [6.45, 7) is 0. The number of aliphatic hydroxyl groups is 1. The predicted molar refractivity (Wildman–Crippen MR) is 30.7 cm³/mol. The molecule has 0 bridgehead atoms. The Morgan fingerprint density at radius 2 is 2.25 bits per heavy atom. The number of hydrogen-bond acceptors (Lipinski definition) is 2. The zero-order chi connectivity index (χ0) is 5.98. The summed E-state index contributed by atoms with van der Waals surface area (Å²) < 4.78 is 5.02. The van der Waals surface area contributed by atoms with Crippen LogP contribution in [0.5, 0.6) is 0 Å². The van der Waals surface area contributed by atoms with Gasteiger partial charge in [-0.15, -0.1) is 0 Å². The molecule has 0 aliphatic heterocycles. The molecule has 0 aromatic heterocycles. The average Bonchev–Trinajstić information content (AvgIpc) is 2.14. The molecular formula is C6H12O2. The van der Waals surface area contributed by atoms with Crippen molar-refractivity contribution in [3.63, 3.8) is 0 Å². The van der Waals surface area contributed by atoms with E-state index in [1.54, 1.807) is 7.11 Å². The highest BCUT2D eigenvalue weighted by molar-refractivity contribution is 4.73. The molecule has 0 spiro atoms. The van der Waals surface area contributed by atoms with E-state index in [9.17, 15) is 0 Å². The summed E-state index contributed by atoms with van der Waals surface area (Å²) in [5, 5.41) is 8.95. The largest absolute Gasteiger partial charge is 0.393 e. The van der Waals surface area contributed by atoms with Gasteiger partial charge < -0.3 is 9.84 Å². The highest BCUT2D eigenvalue weighted by atomic mass is 16.5. The van der Waals surface area contributed by atoms with Gasteiger partial charge in [-0.2, -0.15) is 0 Å². The molecule has 0 heterocycles. The van der Waals surface area contributed by atoms with Crippen LogP contribution >= 0.6 is 0 Å². The third-order valence-electron chi connectivity index (χ3n) is 1.69. The van der Waals surface area contributed by atoms with E-state index in [1.165, 1.54) is 0 Å². The van der Waals surface area contributed by atoms with Crippen molar-refractivity contribution in [1.29, 1.82) is 0 Å². The smallest absolute Gasteiger partial charge is 0.0596 e. The lowest BCUT2D eigenvalue weighted by atomic mass is 10.3. The molecule has 0 aromatic rings. The second kappa shape index (κ2) is 2.46. The quantitative estimate of drug-likeness (QED) is 0.542. The number of hydrogen-bond donors (Lipinski definition) is 1. The molecule has 1 aliphatic carbocycles. The Kier molecular flexibility index (Phi) is 1.86. The summed E-state index contributed by atoms with van der Waals surface area (Å²) in [7, 11) is 1.70. The number of methoxy groups -OCH3 is 1. The highest BCUT2D eigenvalue weighted by Crippen LogP contribution is 2.20. The van der Waals surface area contributed by atoms with Crippen LogP contribution in [0.15, 0.2) is 0 Å². The molecule has 1 fully saturated rings. The van der Waals surface area contributed by atoms with Crippen molar-refractivity contribution >= 4 is 0 Å². The van der Waals surface area contributed by atoms with Gasteiger partial charge in [0, 0.05) is 7.11 Å². The van der Waals surface area contributed by atoms with Crippen molar-refractivity contribution in [1.82, 2.24) is 0 Å². The Hall–Kier alpha value is -0.0800. The Morgan fingerprint density at radius 3 is 2.50 bits per heavy atom. The molecule has 1 N–H and O–H groups in total. The number of rotatable bonds is 1. The molecule has 0 aromatic carbocycles. The van der Waals surface area contributed by atoms with Crippen LogP contribution in [-0.2, 0) is 4.74 Å². The van der Waals surface area contributed by atoms with E-state index in [4.69, 9.17) is 9.84 Å². The maximum atomic E-state index is 8.95. The molecular weight excluding hydrogens is 104 g/mol. The zero-order valence-electron chi connectivity index (χ0n) is 5.13. The minimum Gasteiger partial charge on any atom is -0.393 e. The van der Waals surface area contributed by atoms with Gasteiger partial charge in [0.25, 0.3) is 0 Å². The average molecular weight is 116 g/mol. The second-order valence-electron chi connectivity index (χ2n) is 2.32. The molecule has 0 radical (unpaired) electrons. The Labute approximate surface area is 49.5 Å². The van der Waals surface area contributed by atoms with Crippen LogP contribution in [0.25, 0.3) is 0 Å². The van der Waals surface area contributed by atoms with E-state index in [-0.39, 0.29) is 6.10 Å². The second-order valence-corrected chi connectivity index (χ2v) is 2.32. The van der Waals surface area contributed by atoms with Gasteiger partial charge in [0.05, 0.1) is 12.2 Å². The molecule has 8 heavy (non-hydrogen) atoms. The summed E-state index contributed by atoms with van der Waals surface area (Å²) >= 11 is 0. The van der Waals surface area contributed by atoms with Crippen molar-refractivity contribution in [2.24, 2.45) is 0 Å². The van der Waals surface area contributed by atoms with Crippen LogP contribution in [0.1, 0.15) is 19.3 Å².